The molecule has 1 fully saturated rings. The quantitative estimate of drug-likeness (QED) is 0.817. The van der Waals surface area contributed by atoms with E-state index in [9.17, 15) is 0 Å². The molecule has 1 N–H and O–H groups in total. The molecule has 1 atom stereocenters. The maximum absolute atomic E-state index is 5.67. The zero-order valence-electron chi connectivity index (χ0n) is 13.3. The van der Waals surface area contributed by atoms with Gasteiger partial charge in [0, 0.05) is 35.8 Å². The lowest BCUT2D eigenvalue weighted by Gasteiger charge is -2.26. The Labute approximate surface area is 127 Å². The van der Waals surface area contributed by atoms with Crippen molar-refractivity contribution in [3.05, 3.63) is 16.1 Å². The summed E-state index contributed by atoms with van der Waals surface area (Å²) >= 11 is 1.81. The van der Waals surface area contributed by atoms with Gasteiger partial charge in [0.05, 0.1) is 17.3 Å². The molecule has 2 heterocycles. The first-order valence-electron chi connectivity index (χ1n) is 7.69. The number of rotatable bonds is 6. The van der Waals surface area contributed by atoms with Crippen molar-refractivity contribution >= 4 is 11.3 Å². The highest BCUT2D eigenvalue weighted by atomic mass is 32.1. The molecule has 0 amide bonds. The van der Waals surface area contributed by atoms with Crippen LogP contribution in [-0.2, 0) is 16.6 Å². The minimum Gasteiger partial charge on any atom is -0.381 e. The van der Waals surface area contributed by atoms with Crippen LogP contribution in [0.4, 0.5) is 0 Å². The standard InChI is InChI=1S/C16H28N2OS/c1-5-7-17-11-16(6-8-19-12-16)9-14-18-13(10-20-14)15(2,3)4/h10,17H,5-9,11-12H2,1-4H3. The van der Waals surface area contributed by atoms with E-state index in [-0.39, 0.29) is 10.8 Å². The van der Waals surface area contributed by atoms with Gasteiger partial charge >= 0.3 is 0 Å². The Morgan fingerprint density at radius 2 is 2.25 bits per heavy atom. The largest absolute Gasteiger partial charge is 0.381 e. The number of hydrogen-bond acceptors (Lipinski definition) is 4. The molecule has 0 aliphatic carbocycles. The van der Waals surface area contributed by atoms with Crippen molar-refractivity contribution in [3.63, 3.8) is 0 Å². The molecule has 0 aromatic carbocycles. The van der Waals surface area contributed by atoms with Gasteiger partial charge in [-0.1, -0.05) is 27.7 Å². The monoisotopic (exact) mass is 296 g/mol. The predicted octanol–water partition coefficient (Wildman–Crippen LogP) is 3.39. The lowest BCUT2D eigenvalue weighted by atomic mass is 9.83. The molecular weight excluding hydrogens is 268 g/mol. The van der Waals surface area contributed by atoms with Crippen LogP contribution in [0.3, 0.4) is 0 Å². The third kappa shape index (κ3) is 4.03. The van der Waals surface area contributed by atoms with Crippen LogP contribution in [0.15, 0.2) is 5.38 Å². The summed E-state index contributed by atoms with van der Waals surface area (Å²) in [5.41, 5.74) is 1.62. The van der Waals surface area contributed by atoms with Gasteiger partial charge in [0.1, 0.15) is 0 Å². The van der Waals surface area contributed by atoms with E-state index in [4.69, 9.17) is 9.72 Å². The topological polar surface area (TPSA) is 34.2 Å². The van der Waals surface area contributed by atoms with Crippen molar-refractivity contribution < 1.29 is 4.74 Å². The third-order valence-electron chi connectivity index (χ3n) is 3.96. The molecule has 0 radical (unpaired) electrons. The average molecular weight is 296 g/mol. The molecule has 3 nitrogen and oxygen atoms in total. The fraction of sp³-hybridized carbons (Fsp3) is 0.812. The van der Waals surface area contributed by atoms with Gasteiger partial charge in [-0.3, -0.25) is 0 Å². The van der Waals surface area contributed by atoms with E-state index >= 15 is 0 Å². The molecular formula is C16H28N2OS. The van der Waals surface area contributed by atoms with Crippen molar-refractivity contribution in [2.75, 3.05) is 26.3 Å². The Morgan fingerprint density at radius 3 is 2.80 bits per heavy atom. The summed E-state index contributed by atoms with van der Waals surface area (Å²) in [6.07, 6.45) is 3.38. The zero-order chi connectivity index (χ0) is 14.6. The van der Waals surface area contributed by atoms with Crippen molar-refractivity contribution in [2.45, 2.75) is 52.4 Å². The first kappa shape index (κ1) is 15.9. The summed E-state index contributed by atoms with van der Waals surface area (Å²) in [6, 6.07) is 0. The first-order chi connectivity index (χ1) is 9.45. The molecule has 1 aromatic heterocycles. The van der Waals surface area contributed by atoms with E-state index in [0.29, 0.717) is 0 Å². The smallest absolute Gasteiger partial charge is 0.0935 e. The van der Waals surface area contributed by atoms with Crippen molar-refractivity contribution in [1.29, 1.82) is 0 Å². The van der Waals surface area contributed by atoms with Gasteiger partial charge in [-0.25, -0.2) is 4.98 Å². The van der Waals surface area contributed by atoms with Crippen LogP contribution in [0.5, 0.6) is 0 Å². The normalized spacial score (nSPS) is 23.4. The highest BCUT2D eigenvalue weighted by molar-refractivity contribution is 7.09. The van der Waals surface area contributed by atoms with Crippen LogP contribution >= 0.6 is 11.3 Å². The summed E-state index contributed by atoms with van der Waals surface area (Å²) < 4.78 is 5.67. The van der Waals surface area contributed by atoms with Gasteiger partial charge in [-0.05, 0) is 19.4 Å². The lowest BCUT2D eigenvalue weighted by molar-refractivity contribution is 0.149. The van der Waals surface area contributed by atoms with E-state index in [0.717, 1.165) is 39.1 Å². The third-order valence-corrected chi connectivity index (χ3v) is 4.81. The molecule has 1 unspecified atom stereocenters. The molecule has 2 rings (SSSR count). The Bertz CT molecular complexity index is 416. The minimum atomic E-state index is 0.147. The van der Waals surface area contributed by atoms with E-state index in [1.165, 1.54) is 17.1 Å². The van der Waals surface area contributed by atoms with E-state index in [1.807, 2.05) is 0 Å². The van der Waals surface area contributed by atoms with E-state index < -0.39 is 0 Å². The average Bonchev–Trinajstić information content (AvgIpc) is 2.99. The highest BCUT2D eigenvalue weighted by Crippen LogP contribution is 2.34. The van der Waals surface area contributed by atoms with Crippen LogP contribution in [0, 0.1) is 5.41 Å². The van der Waals surface area contributed by atoms with Crippen LogP contribution in [-0.4, -0.2) is 31.3 Å². The summed E-state index contributed by atoms with van der Waals surface area (Å²) in [5, 5.41) is 7.06. The maximum atomic E-state index is 5.67. The van der Waals surface area contributed by atoms with Crippen LogP contribution in [0.1, 0.15) is 51.2 Å². The van der Waals surface area contributed by atoms with E-state index in [1.54, 1.807) is 11.3 Å². The van der Waals surface area contributed by atoms with Gasteiger partial charge in [-0.2, -0.15) is 0 Å². The van der Waals surface area contributed by atoms with Crippen LogP contribution < -0.4 is 5.32 Å². The second-order valence-corrected chi connectivity index (χ2v) is 7.98. The first-order valence-corrected chi connectivity index (χ1v) is 8.56. The fourth-order valence-corrected chi connectivity index (χ4v) is 3.77. The second-order valence-electron chi connectivity index (χ2n) is 7.03. The van der Waals surface area contributed by atoms with Gasteiger partial charge in [0.25, 0.3) is 0 Å². The zero-order valence-corrected chi connectivity index (χ0v) is 14.1. The number of aromatic nitrogens is 1. The fourth-order valence-electron chi connectivity index (χ4n) is 2.58. The molecule has 0 saturated carbocycles. The van der Waals surface area contributed by atoms with Crippen LogP contribution in [0.25, 0.3) is 0 Å². The molecule has 20 heavy (non-hydrogen) atoms. The van der Waals surface area contributed by atoms with Crippen LogP contribution in [0.2, 0.25) is 0 Å². The summed E-state index contributed by atoms with van der Waals surface area (Å²) in [6.45, 7) is 12.8. The molecule has 0 bridgehead atoms. The Morgan fingerprint density at radius 1 is 1.45 bits per heavy atom. The SMILES string of the molecule is CCCNCC1(Cc2nc(C(C)(C)C)cs2)CCOC1. The van der Waals surface area contributed by atoms with Gasteiger partial charge < -0.3 is 10.1 Å². The molecule has 4 heteroatoms. The summed E-state index contributed by atoms with van der Waals surface area (Å²) in [7, 11) is 0. The van der Waals surface area contributed by atoms with Crippen molar-refractivity contribution in [1.82, 2.24) is 10.3 Å². The van der Waals surface area contributed by atoms with Gasteiger partial charge in [-0.15, -0.1) is 11.3 Å². The number of nitrogens with zero attached hydrogens (tertiary/aromatic N) is 1. The summed E-state index contributed by atoms with van der Waals surface area (Å²) in [4.78, 5) is 4.85. The summed E-state index contributed by atoms with van der Waals surface area (Å²) in [5.74, 6) is 0. The van der Waals surface area contributed by atoms with Crippen molar-refractivity contribution in [2.24, 2.45) is 5.41 Å². The second kappa shape index (κ2) is 6.54. The number of hydrogen-bond donors (Lipinski definition) is 1. The lowest BCUT2D eigenvalue weighted by Crippen LogP contribution is -2.37. The number of nitrogens with one attached hydrogen (secondary N) is 1. The number of thiazole rings is 1. The van der Waals surface area contributed by atoms with Gasteiger partial charge in [0.15, 0.2) is 0 Å². The molecule has 1 aliphatic heterocycles. The molecule has 1 saturated heterocycles. The van der Waals surface area contributed by atoms with Gasteiger partial charge in [0.2, 0.25) is 0 Å². The molecule has 114 valence electrons. The Hall–Kier alpha value is -0.450. The highest BCUT2D eigenvalue weighted by Gasteiger charge is 2.36. The molecule has 1 aromatic rings. The Balaban J connectivity index is 2.02. The molecule has 0 spiro atoms. The number of ether oxygens (including phenoxy) is 1. The van der Waals surface area contributed by atoms with Crippen molar-refractivity contribution in [3.8, 4) is 0 Å². The predicted molar refractivity (Wildman–Crippen MR) is 85.5 cm³/mol. The van der Waals surface area contributed by atoms with E-state index in [2.05, 4.69) is 38.4 Å². The Kier molecular flexibility index (Phi) is 5.21. The minimum absolute atomic E-state index is 0.147. The molecule has 1 aliphatic rings. The maximum Gasteiger partial charge on any atom is 0.0935 e.